The van der Waals surface area contributed by atoms with E-state index in [1.54, 1.807) is 0 Å². The summed E-state index contributed by atoms with van der Waals surface area (Å²) in [4.78, 5) is 16.7. The molecule has 5 rings (SSSR count). The van der Waals surface area contributed by atoms with Gasteiger partial charge in [0.15, 0.2) is 0 Å². The molecule has 1 aliphatic carbocycles. The van der Waals surface area contributed by atoms with Crippen LogP contribution in [-0.4, -0.2) is 85.3 Å². The average molecular weight is 564 g/mol. The molecule has 0 unspecified atom stereocenters. The minimum atomic E-state index is 0.515. The Bertz CT molecular complexity index is 1010. The second-order valence-corrected chi connectivity index (χ2v) is 12.4. The monoisotopic (exact) mass is 563 g/mol. The maximum absolute atomic E-state index is 6.18. The molecule has 41 heavy (non-hydrogen) atoms. The molecule has 0 atom stereocenters. The highest BCUT2D eigenvalue weighted by molar-refractivity contribution is 5.52. The number of hydrogen-bond donors (Lipinski definition) is 2. The normalized spacial score (nSPS) is 19.5. The molecule has 0 radical (unpaired) electrons. The summed E-state index contributed by atoms with van der Waals surface area (Å²) < 4.78 is 5.47. The largest absolute Gasteiger partial charge is 0.383 e. The van der Waals surface area contributed by atoms with Crippen LogP contribution in [-0.2, 0) is 17.7 Å². The maximum Gasteiger partial charge on any atom is 0.226 e. The number of nitrogens with zero attached hydrogens (tertiary/aromatic N) is 5. The second-order valence-electron chi connectivity index (χ2n) is 12.4. The number of anilines is 3. The highest BCUT2D eigenvalue weighted by atomic mass is 16.5. The summed E-state index contributed by atoms with van der Waals surface area (Å²) in [6.07, 6.45) is 15.5. The maximum atomic E-state index is 6.18. The van der Waals surface area contributed by atoms with Gasteiger partial charge in [-0.3, -0.25) is 9.80 Å². The van der Waals surface area contributed by atoms with Crippen molar-refractivity contribution < 1.29 is 4.74 Å². The second kappa shape index (κ2) is 16.3. The number of unbranched alkanes of at least 4 members (excludes halogenated alkanes) is 3. The molecule has 1 aromatic heterocycles. The smallest absolute Gasteiger partial charge is 0.226 e. The molecule has 3 heterocycles. The molecule has 226 valence electrons. The highest BCUT2D eigenvalue weighted by Crippen LogP contribution is 2.28. The van der Waals surface area contributed by atoms with Gasteiger partial charge in [0.2, 0.25) is 5.95 Å². The summed E-state index contributed by atoms with van der Waals surface area (Å²) in [6.45, 7) is 10.8. The topological polar surface area (TPSA) is 82.8 Å². The lowest BCUT2D eigenvalue weighted by Gasteiger charge is -2.37. The van der Waals surface area contributed by atoms with E-state index in [4.69, 9.17) is 15.5 Å². The van der Waals surface area contributed by atoms with E-state index < -0.39 is 0 Å². The number of piperazine rings is 1. The Labute approximate surface area is 248 Å². The number of ether oxygens (including phenoxy) is 1. The molecule has 1 saturated carbocycles. The Balaban J connectivity index is 0.991. The van der Waals surface area contributed by atoms with E-state index >= 15 is 0 Å². The van der Waals surface area contributed by atoms with Crippen LogP contribution in [0.1, 0.15) is 75.3 Å². The fraction of sp³-hybridized carbons (Fsp3) is 0.697. The summed E-state index contributed by atoms with van der Waals surface area (Å²) in [5.74, 6) is 3.07. The van der Waals surface area contributed by atoms with Gasteiger partial charge in [0.25, 0.3) is 0 Å². The number of morpholine rings is 1. The molecular formula is C33H53N7O. The molecule has 8 heteroatoms. The standard InChI is InChI=1S/C33H53N7O/c34-31-26-32(40-20-18-38(19-21-40)16-17-39-22-24-41-25-23-39)37-33(36-31)35-27-30-14-12-29(13-15-30)11-5-2-1-4-8-28-9-6-3-7-10-28/h12-15,26,28H,1-11,16-25,27H2,(H3,34,35,36,37). The molecule has 0 spiro atoms. The Kier molecular flexibility index (Phi) is 11.9. The number of benzene rings is 1. The summed E-state index contributed by atoms with van der Waals surface area (Å²) in [7, 11) is 0. The number of hydrogen-bond acceptors (Lipinski definition) is 8. The van der Waals surface area contributed by atoms with Crippen LogP contribution in [0, 0.1) is 5.92 Å². The van der Waals surface area contributed by atoms with Crippen molar-refractivity contribution in [1.29, 1.82) is 0 Å². The zero-order chi connectivity index (χ0) is 28.1. The van der Waals surface area contributed by atoms with E-state index in [2.05, 4.69) is 49.3 Å². The van der Waals surface area contributed by atoms with Crippen molar-refractivity contribution >= 4 is 17.6 Å². The Morgan fingerprint density at radius 3 is 2.22 bits per heavy atom. The van der Waals surface area contributed by atoms with E-state index in [0.29, 0.717) is 18.3 Å². The molecule has 0 bridgehead atoms. The van der Waals surface area contributed by atoms with E-state index in [1.807, 2.05) is 6.07 Å². The Morgan fingerprint density at radius 2 is 1.46 bits per heavy atom. The van der Waals surface area contributed by atoms with Gasteiger partial charge >= 0.3 is 0 Å². The van der Waals surface area contributed by atoms with Crippen molar-refractivity contribution in [2.75, 3.05) is 81.5 Å². The Hall–Kier alpha value is -2.42. The van der Waals surface area contributed by atoms with Crippen molar-refractivity contribution in [3.05, 3.63) is 41.5 Å². The first-order chi connectivity index (χ1) is 20.2. The summed E-state index contributed by atoms with van der Waals surface area (Å²) in [6, 6.07) is 10.9. The van der Waals surface area contributed by atoms with Crippen LogP contribution < -0.4 is 16.0 Å². The number of nitrogens with two attached hydrogens (primary N) is 1. The van der Waals surface area contributed by atoms with Gasteiger partial charge in [-0.15, -0.1) is 0 Å². The fourth-order valence-corrected chi connectivity index (χ4v) is 6.60. The van der Waals surface area contributed by atoms with E-state index in [9.17, 15) is 0 Å². The van der Waals surface area contributed by atoms with Crippen LogP contribution in [0.4, 0.5) is 17.6 Å². The third-order valence-electron chi connectivity index (χ3n) is 9.29. The lowest BCUT2D eigenvalue weighted by Crippen LogP contribution is -2.49. The number of aryl methyl sites for hydroxylation is 1. The van der Waals surface area contributed by atoms with Gasteiger partial charge in [0.05, 0.1) is 13.2 Å². The van der Waals surface area contributed by atoms with Crippen LogP contribution in [0.15, 0.2) is 30.3 Å². The summed E-state index contributed by atoms with van der Waals surface area (Å²) >= 11 is 0. The zero-order valence-corrected chi connectivity index (χ0v) is 25.2. The van der Waals surface area contributed by atoms with Gasteiger partial charge in [0.1, 0.15) is 11.6 Å². The van der Waals surface area contributed by atoms with Gasteiger partial charge < -0.3 is 20.7 Å². The third-order valence-corrected chi connectivity index (χ3v) is 9.29. The van der Waals surface area contributed by atoms with Gasteiger partial charge in [-0.1, -0.05) is 82.1 Å². The van der Waals surface area contributed by atoms with Crippen molar-refractivity contribution in [3.63, 3.8) is 0 Å². The summed E-state index contributed by atoms with van der Waals surface area (Å²) in [5.41, 5.74) is 8.86. The van der Waals surface area contributed by atoms with Gasteiger partial charge in [-0.05, 0) is 29.9 Å². The molecule has 3 fully saturated rings. The van der Waals surface area contributed by atoms with Crippen molar-refractivity contribution in [1.82, 2.24) is 19.8 Å². The minimum absolute atomic E-state index is 0.515. The first-order valence-electron chi connectivity index (χ1n) is 16.4. The highest BCUT2D eigenvalue weighted by Gasteiger charge is 2.20. The van der Waals surface area contributed by atoms with Crippen molar-refractivity contribution in [3.8, 4) is 0 Å². The first kappa shape index (κ1) is 30.1. The average Bonchev–Trinajstić information content (AvgIpc) is 3.02. The molecular weight excluding hydrogens is 510 g/mol. The summed E-state index contributed by atoms with van der Waals surface area (Å²) in [5, 5.41) is 3.40. The predicted molar refractivity (Wildman–Crippen MR) is 169 cm³/mol. The zero-order valence-electron chi connectivity index (χ0n) is 25.2. The van der Waals surface area contributed by atoms with Crippen LogP contribution in [0.3, 0.4) is 0 Å². The number of nitrogen functional groups attached to an aromatic ring is 1. The SMILES string of the molecule is Nc1cc(N2CCN(CCN3CCOCC3)CC2)nc(NCc2ccc(CCCCCCC3CCCCC3)cc2)n1. The lowest BCUT2D eigenvalue weighted by molar-refractivity contribution is 0.0331. The molecule has 2 aliphatic heterocycles. The number of aromatic nitrogens is 2. The van der Waals surface area contributed by atoms with E-state index in [0.717, 1.165) is 77.3 Å². The third kappa shape index (κ3) is 10.1. The van der Waals surface area contributed by atoms with Crippen molar-refractivity contribution in [2.45, 2.75) is 77.2 Å². The molecule has 3 N–H and O–H groups in total. The van der Waals surface area contributed by atoms with E-state index in [-0.39, 0.29) is 0 Å². The van der Waals surface area contributed by atoms with Gasteiger partial charge in [-0.2, -0.15) is 9.97 Å². The van der Waals surface area contributed by atoms with Gasteiger partial charge in [-0.25, -0.2) is 0 Å². The van der Waals surface area contributed by atoms with Crippen molar-refractivity contribution in [2.24, 2.45) is 5.92 Å². The molecule has 1 aromatic carbocycles. The molecule has 2 saturated heterocycles. The predicted octanol–water partition coefficient (Wildman–Crippen LogP) is 5.20. The lowest BCUT2D eigenvalue weighted by atomic mass is 9.85. The fourth-order valence-electron chi connectivity index (χ4n) is 6.60. The quantitative estimate of drug-likeness (QED) is 0.304. The molecule has 2 aromatic rings. The van der Waals surface area contributed by atoms with Crippen LogP contribution in [0.2, 0.25) is 0 Å². The Morgan fingerprint density at radius 1 is 0.780 bits per heavy atom. The molecule has 8 nitrogen and oxygen atoms in total. The van der Waals surface area contributed by atoms with Gasteiger partial charge in [0, 0.05) is 65.0 Å². The number of nitrogens with one attached hydrogen (secondary N) is 1. The van der Waals surface area contributed by atoms with E-state index in [1.165, 1.54) is 81.8 Å². The molecule has 3 aliphatic rings. The number of rotatable bonds is 14. The minimum Gasteiger partial charge on any atom is -0.383 e. The van der Waals surface area contributed by atoms with Crippen LogP contribution in [0.25, 0.3) is 0 Å². The first-order valence-corrected chi connectivity index (χ1v) is 16.4. The van der Waals surface area contributed by atoms with Crippen LogP contribution in [0.5, 0.6) is 0 Å². The van der Waals surface area contributed by atoms with Crippen LogP contribution >= 0.6 is 0 Å². The molecule has 0 amide bonds.